The Balaban J connectivity index is 0. The van der Waals surface area contributed by atoms with Gasteiger partial charge in [-0.1, -0.05) is 0 Å². The molecule has 0 N–H and O–H groups in total. The molecule has 0 atom stereocenters. The minimum atomic E-state index is 0. The van der Waals surface area contributed by atoms with Crippen molar-refractivity contribution >= 4 is 48.3 Å². The third-order valence-electron chi connectivity index (χ3n) is 0. The van der Waals surface area contributed by atoms with Crippen LogP contribution < -0.4 is 0 Å². The van der Waals surface area contributed by atoms with Crippen LogP contribution in [-0.2, 0) is 41.2 Å². The molecule has 0 unspecified atom stereocenters. The van der Waals surface area contributed by atoms with Gasteiger partial charge < -0.3 is 0 Å². The van der Waals surface area contributed by atoms with Gasteiger partial charge in [-0.15, -0.1) is 0 Å². The second-order valence-corrected chi connectivity index (χ2v) is 0. The summed E-state index contributed by atoms with van der Waals surface area (Å²) in [4.78, 5) is 0. The van der Waals surface area contributed by atoms with Crippen LogP contribution in [0.15, 0.2) is 0 Å². The Morgan fingerprint density at radius 1 is 1.00 bits per heavy atom. The molecule has 0 aromatic heterocycles. The maximum Gasteiger partial charge on any atom is 0 e. The van der Waals surface area contributed by atoms with Crippen molar-refractivity contribution in [3.63, 3.8) is 0 Å². The maximum atomic E-state index is 0. The van der Waals surface area contributed by atoms with Gasteiger partial charge in [0.25, 0.3) is 0 Å². The van der Waals surface area contributed by atoms with E-state index in [-0.39, 0.29) is 89.5 Å². The first-order valence-electron chi connectivity index (χ1n) is 0. The predicted molar refractivity (Wildman–Crippen MR) is 11.5 cm³/mol. The molecule has 0 aliphatic carbocycles. The van der Waals surface area contributed by atoms with Gasteiger partial charge in [-0.2, -0.15) is 0 Å². The second kappa shape index (κ2) is 16.7. The Labute approximate surface area is 87.9 Å². The Morgan fingerprint density at radius 2 is 1.00 bits per heavy atom. The summed E-state index contributed by atoms with van der Waals surface area (Å²) in [7, 11) is 0. The van der Waals surface area contributed by atoms with Crippen molar-refractivity contribution in [2.24, 2.45) is 0 Å². The number of rotatable bonds is 0. The molecule has 0 nitrogen and oxygen atoms in total. The monoisotopic (exact) mass is 391 g/mol. The fourth-order valence-electron chi connectivity index (χ4n) is 0. The van der Waals surface area contributed by atoms with Crippen LogP contribution in [0.25, 0.3) is 0 Å². The van der Waals surface area contributed by atoms with Crippen LogP contribution in [0.3, 0.4) is 0 Å². The van der Waals surface area contributed by atoms with Gasteiger partial charge in [0.15, 0.2) is 0 Å². The molecule has 0 spiro atoms. The summed E-state index contributed by atoms with van der Waals surface area (Å²) in [5, 5.41) is 0. The van der Waals surface area contributed by atoms with Crippen molar-refractivity contribution in [3.8, 4) is 0 Å². The van der Waals surface area contributed by atoms with Crippen LogP contribution in [0.4, 0.5) is 0 Å². The summed E-state index contributed by atoms with van der Waals surface area (Å²) < 4.78 is 0. The Morgan fingerprint density at radius 3 is 1.00 bits per heavy atom. The molecular formula is RuSbSnTi. The van der Waals surface area contributed by atoms with Crippen molar-refractivity contribution in [1.29, 1.82) is 0 Å². The summed E-state index contributed by atoms with van der Waals surface area (Å²) in [5.74, 6) is 0. The second-order valence-electron chi connectivity index (χ2n) is 0. The molecule has 0 rings (SSSR count). The molecular weight excluding hydrogens is 389 g/mol. The van der Waals surface area contributed by atoms with Crippen LogP contribution >= 0.6 is 0 Å². The van der Waals surface area contributed by atoms with Crippen molar-refractivity contribution in [1.82, 2.24) is 0 Å². The third-order valence-corrected chi connectivity index (χ3v) is 0. The zero-order valence-electron chi connectivity index (χ0n) is 1.80. The molecule has 21 valence electrons. The van der Waals surface area contributed by atoms with E-state index in [4.69, 9.17) is 0 Å². The summed E-state index contributed by atoms with van der Waals surface area (Å²) in [6, 6.07) is 0. The maximum absolute atomic E-state index is 0. The Kier molecular flexibility index (Phi) is 118. The van der Waals surface area contributed by atoms with Gasteiger partial charge in [0.1, 0.15) is 0 Å². The van der Waals surface area contributed by atoms with Crippen LogP contribution in [0.2, 0.25) is 0 Å². The summed E-state index contributed by atoms with van der Waals surface area (Å²) in [6.45, 7) is 0. The molecule has 0 fully saturated rings. The van der Waals surface area contributed by atoms with Gasteiger partial charge in [-0.3, -0.25) is 0 Å². The Hall–Kier alpha value is 2.95. The van der Waals surface area contributed by atoms with Crippen molar-refractivity contribution in [2.75, 3.05) is 0 Å². The van der Waals surface area contributed by atoms with E-state index < -0.39 is 0 Å². The number of hydrogen-bond acceptors (Lipinski definition) is 0. The molecule has 0 aliphatic rings. The van der Waals surface area contributed by atoms with E-state index in [0.717, 1.165) is 0 Å². The van der Waals surface area contributed by atoms with Crippen LogP contribution in [0, 0.1) is 0 Å². The zero-order valence-corrected chi connectivity index (χ0v) is 10.5. The topological polar surface area (TPSA) is 0 Å². The SMILES string of the molecule is [Ru].[Sb].[Sn].[Ti]. The molecule has 0 bridgehead atoms. The average Bonchev–Trinajstić information content (AvgIpc) is 0. The van der Waals surface area contributed by atoms with Gasteiger partial charge >= 0.3 is 0 Å². The molecule has 0 heterocycles. The first kappa shape index (κ1) is 28.2. The summed E-state index contributed by atoms with van der Waals surface area (Å²) in [6.07, 6.45) is 0. The fraction of sp³-hybridized carbons (Fsp3) is 0. The molecule has 4 heteroatoms. The van der Waals surface area contributed by atoms with Crippen molar-refractivity contribution < 1.29 is 41.2 Å². The van der Waals surface area contributed by atoms with E-state index in [1.54, 1.807) is 0 Å². The van der Waals surface area contributed by atoms with Crippen molar-refractivity contribution in [2.45, 2.75) is 0 Å². The zero-order chi connectivity index (χ0) is 0. The molecule has 7 radical (unpaired) electrons. The first-order valence-corrected chi connectivity index (χ1v) is 0. The first-order chi connectivity index (χ1) is 0. The molecule has 0 aliphatic heterocycles. The summed E-state index contributed by atoms with van der Waals surface area (Å²) in [5.41, 5.74) is 0. The van der Waals surface area contributed by atoms with E-state index in [9.17, 15) is 0 Å². The largest absolute Gasteiger partial charge is 0 e. The van der Waals surface area contributed by atoms with E-state index >= 15 is 0 Å². The van der Waals surface area contributed by atoms with Crippen LogP contribution in [0.1, 0.15) is 0 Å². The smallest absolute Gasteiger partial charge is 0 e. The molecule has 0 saturated heterocycles. The van der Waals surface area contributed by atoms with E-state index in [1.165, 1.54) is 0 Å². The summed E-state index contributed by atoms with van der Waals surface area (Å²) >= 11 is 0. The fourth-order valence-corrected chi connectivity index (χ4v) is 0. The van der Waals surface area contributed by atoms with Gasteiger partial charge in [-0.25, -0.2) is 0 Å². The normalized spacial score (nSPS) is 0. The minimum Gasteiger partial charge on any atom is 0 e. The van der Waals surface area contributed by atoms with Gasteiger partial charge in [0.2, 0.25) is 0 Å². The molecule has 0 aromatic rings. The quantitative estimate of drug-likeness (QED) is 0.478. The van der Waals surface area contributed by atoms with E-state index in [1.807, 2.05) is 0 Å². The minimum absolute atomic E-state index is 0. The molecule has 4 heavy (non-hydrogen) atoms. The number of hydrogen-bond donors (Lipinski definition) is 0. The predicted octanol–water partition coefficient (Wildman–Crippen LogP) is -0.767. The van der Waals surface area contributed by atoms with Gasteiger partial charge in [-0.05, 0) is 0 Å². The third kappa shape index (κ3) is 8.88. The average molecular weight is 389 g/mol. The molecule has 0 amide bonds. The van der Waals surface area contributed by atoms with E-state index in [0.29, 0.717) is 0 Å². The molecule has 0 saturated carbocycles. The molecule has 0 aromatic carbocycles. The standard InChI is InChI=1S/Ru.Sb.Sn.Ti. The van der Waals surface area contributed by atoms with Gasteiger partial charge in [0, 0.05) is 89.5 Å². The Bertz CT molecular complexity index is 8.00. The van der Waals surface area contributed by atoms with Gasteiger partial charge in [0.05, 0.1) is 0 Å². The van der Waals surface area contributed by atoms with E-state index in [2.05, 4.69) is 0 Å². The van der Waals surface area contributed by atoms with Crippen LogP contribution in [-0.4, -0.2) is 48.3 Å². The van der Waals surface area contributed by atoms with Crippen LogP contribution in [0.5, 0.6) is 0 Å². The van der Waals surface area contributed by atoms with Crippen molar-refractivity contribution in [3.05, 3.63) is 0 Å².